The molecule has 54 heavy (non-hydrogen) atoms. The highest BCUT2D eigenvalue weighted by Gasteiger charge is 2.63. The second-order valence-electron chi connectivity index (χ2n) is 18.1. The zero-order valence-corrected chi connectivity index (χ0v) is 33.2. The lowest BCUT2D eigenvalue weighted by atomic mass is 9.56. The van der Waals surface area contributed by atoms with Crippen LogP contribution in [0.1, 0.15) is 104 Å². The second-order valence-corrected chi connectivity index (χ2v) is 18.1. The molecule has 2 saturated carbocycles. The van der Waals surface area contributed by atoms with Crippen LogP contribution in [0, 0.1) is 41.4 Å². The topological polar surface area (TPSA) is 220 Å². The Morgan fingerprint density at radius 3 is 2.63 bits per heavy atom. The number of carbonyl (C=O) groups excluding carboxylic acids is 2. The maximum absolute atomic E-state index is 14.1. The molecular weight excluding hydrogens is 690 g/mol. The molecule has 13 unspecified atom stereocenters. The van der Waals surface area contributed by atoms with Crippen LogP contribution in [-0.4, -0.2) is 114 Å². The van der Waals surface area contributed by atoms with Crippen LogP contribution in [-0.2, 0) is 23.8 Å². The first kappa shape index (κ1) is 42.1. The van der Waals surface area contributed by atoms with E-state index >= 15 is 0 Å². The van der Waals surface area contributed by atoms with Crippen LogP contribution in [0.4, 0.5) is 0 Å². The number of rotatable bonds is 13. The van der Waals surface area contributed by atoms with E-state index in [9.17, 15) is 24.9 Å². The fourth-order valence-electron chi connectivity index (χ4n) is 11.4. The zero-order valence-electron chi connectivity index (χ0n) is 33.2. The number of quaternary nitrogens is 2. The van der Waals surface area contributed by atoms with Gasteiger partial charge < -0.3 is 51.2 Å². The fourth-order valence-corrected chi connectivity index (χ4v) is 11.4. The largest absolute Gasteiger partial charge is 0.456 e. The van der Waals surface area contributed by atoms with E-state index in [-0.39, 0.29) is 61.0 Å². The molecule has 308 valence electrons. The lowest BCUT2D eigenvalue weighted by molar-refractivity contribution is -0.703. The van der Waals surface area contributed by atoms with Gasteiger partial charge in [0, 0.05) is 30.6 Å². The van der Waals surface area contributed by atoms with Crippen molar-refractivity contribution in [1.82, 2.24) is 5.32 Å². The summed E-state index contributed by atoms with van der Waals surface area (Å²) in [6, 6.07) is 0. The van der Waals surface area contributed by atoms with Gasteiger partial charge in [0.25, 0.3) is 0 Å². The molecule has 0 aromatic carbocycles. The van der Waals surface area contributed by atoms with Crippen molar-refractivity contribution < 1.29 is 49.8 Å². The monoisotopic (exact) mass is 764 g/mol. The average Bonchev–Trinajstić information content (AvgIpc) is 3.15. The summed E-state index contributed by atoms with van der Waals surface area (Å²) >= 11 is 0. The molecule has 0 bridgehead atoms. The maximum atomic E-state index is 14.1. The van der Waals surface area contributed by atoms with Crippen molar-refractivity contribution in [2.24, 2.45) is 52.9 Å². The van der Waals surface area contributed by atoms with Crippen LogP contribution >= 0.6 is 0 Å². The van der Waals surface area contributed by atoms with E-state index in [0.717, 1.165) is 83.8 Å². The Hall–Kier alpha value is -1.52. The predicted octanol–water partition coefficient (Wildman–Crippen LogP) is -0.202. The second kappa shape index (κ2) is 18.8. The molecule has 0 spiro atoms. The Bertz CT molecular complexity index is 1280. The molecule has 4 saturated heterocycles. The normalized spacial score (nSPS) is 43.9. The minimum atomic E-state index is -1.05. The van der Waals surface area contributed by atoms with Crippen molar-refractivity contribution in [3.8, 4) is 0 Å². The van der Waals surface area contributed by atoms with E-state index in [2.05, 4.69) is 29.8 Å². The smallest absolute Gasteiger partial charge is 0.339 e. The van der Waals surface area contributed by atoms with E-state index in [1.165, 1.54) is 0 Å². The Morgan fingerprint density at radius 1 is 1.13 bits per heavy atom. The summed E-state index contributed by atoms with van der Waals surface area (Å²) < 4.78 is 20.7. The van der Waals surface area contributed by atoms with Crippen molar-refractivity contribution in [1.29, 1.82) is 0 Å². The first-order valence-corrected chi connectivity index (χ1v) is 21.5. The Labute approximate surface area is 322 Å². The number of ether oxygens (including phenoxy) is 3. The highest BCUT2D eigenvalue weighted by Crippen LogP contribution is 2.55. The summed E-state index contributed by atoms with van der Waals surface area (Å²) in [5.41, 5.74) is 12.5. The number of piperidine rings is 2. The summed E-state index contributed by atoms with van der Waals surface area (Å²) in [6.07, 6.45) is 8.09. The summed E-state index contributed by atoms with van der Waals surface area (Å²) in [6.45, 7) is 8.80. The number of aliphatic hydroxyl groups excluding tert-OH is 3. The Kier molecular flexibility index (Phi) is 14.7. The van der Waals surface area contributed by atoms with Crippen molar-refractivity contribution >= 4 is 11.8 Å². The van der Waals surface area contributed by atoms with E-state index in [1.807, 2.05) is 13.0 Å². The maximum Gasteiger partial charge on any atom is 0.339 e. The predicted molar refractivity (Wildman–Crippen MR) is 202 cm³/mol. The molecule has 4 heterocycles. The lowest BCUT2D eigenvalue weighted by Crippen LogP contribution is -2.95. The number of fused-ring (bicyclic) bond motifs is 2. The number of likely N-dealkylation sites (N-methyl/N-ethyl adjacent to an activating group) is 1. The number of aliphatic hydroxyl groups is 3. The van der Waals surface area contributed by atoms with Gasteiger partial charge in [-0.3, -0.25) is 10.5 Å². The molecule has 4 aliphatic heterocycles. The highest BCUT2D eigenvalue weighted by molar-refractivity contribution is 5.88. The molecule has 6 aliphatic rings. The third-order valence-corrected chi connectivity index (χ3v) is 14.4. The number of nitrogens with two attached hydrogens (primary N) is 4. The van der Waals surface area contributed by atoms with Gasteiger partial charge >= 0.3 is 5.97 Å². The lowest BCUT2D eigenvalue weighted by Gasteiger charge is -2.60. The Balaban J connectivity index is 1.39. The summed E-state index contributed by atoms with van der Waals surface area (Å²) in [4.78, 5) is 27.9. The highest BCUT2D eigenvalue weighted by atomic mass is 16.6. The van der Waals surface area contributed by atoms with Crippen LogP contribution < -0.4 is 27.4 Å². The van der Waals surface area contributed by atoms with Crippen LogP contribution in [0.3, 0.4) is 0 Å². The van der Waals surface area contributed by atoms with Crippen LogP contribution in [0.15, 0.2) is 11.6 Å². The zero-order chi connectivity index (χ0) is 38.6. The van der Waals surface area contributed by atoms with E-state index in [0.29, 0.717) is 36.8 Å². The molecule has 0 aromatic rings. The average molecular weight is 764 g/mol. The van der Waals surface area contributed by atoms with E-state index in [4.69, 9.17) is 25.7 Å². The number of nitrogens with one attached hydrogen (secondary N) is 1. The first-order valence-electron chi connectivity index (χ1n) is 21.5. The molecule has 12 N–H and O–H groups in total. The summed E-state index contributed by atoms with van der Waals surface area (Å²) in [7, 11) is 0. The quantitative estimate of drug-likeness (QED) is 0.0907. The first-order chi connectivity index (χ1) is 25.9. The Morgan fingerprint density at radius 2 is 1.94 bits per heavy atom. The molecule has 0 radical (unpaired) electrons. The van der Waals surface area contributed by atoms with Crippen LogP contribution in [0.2, 0.25) is 0 Å². The SMILES string of the molecule is CC=C(C[NH2+]CC)C(=O)O[C@H]1CC2C(O)C3C(=O)CC(CO)OC3C([C@H](CC3CCCC(O)C3)C3CCNC(N)C3)C2O[C@@]1(C)CCC1CCC(N)[NH2+]C1. The molecule has 2 aliphatic carbocycles. The van der Waals surface area contributed by atoms with E-state index in [1.54, 1.807) is 0 Å². The molecule has 13 heteroatoms. The third-order valence-electron chi connectivity index (χ3n) is 14.4. The number of hydrogen-bond acceptors (Lipinski definition) is 11. The molecule has 0 aromatic heterocycles. The molecular formula is C41H73N5O8+2. The number of Topliss-reactive ketones (excluding diaryl/α,β-unsaturated/α-hetero) is 1. The van der Waals surface area contributed by atoms with Crippen LogP contribution in [0.25, 0.3) is 0 Å². The molecule has 6 fully saturated rings. The van der Waals surface area contributed by atoms with Crippen LogP contribution in [0.5, 0.6) is 0 Å². The van der Waals surface area contributed by atoms with Gasteiger partial charge in [0.1, 0.15) is 30.2 Å². The van der Waals surface area contributed by atoms with Crippen molar-refractivity contribution in [3.05, 3.63) is 11.6 Å². The summed E-state index contributed by atoms with van der Waals surface area (Å²) in [5.74, 6) is -0.937. The molecule has 13 nitrogen and oxygen atoms in total. The van der Waals surface area contributed by atoms with Gasteiger partial charge in [-0.15, -0.1) is 0 Å². The number of allylic oxidation sites excluding steroid dienone is 1. The van der Waals surface area contributed by atoms with Crippen molar-refractivity contribution in [2.45, 2.75) is 159 Å². The standard InChI is InChI=1S/C41H71N5O8/c1-4-25(21-44-5-2)40(51)53-32-19-30-37(50)36-31(49)18-28(22-47)52-39(36)35(38(30)54-41(32,3)13-11-23-9-10-33(42)46-20-23)29(26-12-14-45-34(43)17-26)16-24-7-6-8-27(48)15-24/h4,23-24,26-30,32-39,44-48,50H,5-22,42-43H2,1-3H3/p+2/t23?,24?,26?,27?,28?,29-,30?,32+,33?,34?,35?,36?,37?,38?,39?,41+/m1/s1. The van der Waals surface area contributed by atoms with Gasteiger partial charge in [0.2, 0.25) is 0 Å². The molecule has 6 rings (SSSR count). The molecule has 0 amide bonds. The number of hydrogen-bond donors (Lipinski definition) is 8. The van der Waals surface area contributed by atoms with Gasteiger partial charge in [-0.2, -0.15) is 0 Å². The van der Waals surface area contributed by atoms with Crippen molar-refractivity contribution in [2.75, 3.05) is 32.8 Å². The van der Waals surface area contributed by atoms with Gasteiger partial charge in [0.05, 0.1) is 67.9 Å². The summed E-state index contributed by atoms with van der Waals surface area (Å²) in [5, 5.41) is 41.1. The minimum Gasteiger partial charge on any atom is -0.456 e. The number of ketones is 1. The van der Waals surface area contributed by atoms with E-state index < -0.39 is 48.0 Å². The molecule has 16 atom stereocenters. The van der Waals surface area contributed by atoms with Gasteiger partial charge in [-0.05, 0) is 103 Å². The number of carbonyl (C=O) groups is 2. The van der Waals surface area contributed by atoms with Crippen molar-refractivity contribution in [3.63, 3.8) is 0 Å². The van der Waals surface area contributed by atoms with Gasteiger partial charge in [0.15, 0.2) is 0 Å². The van der Waals surface area contributed by atoms with Gasteiger partial charge in [-0.1, -0.05) is 18.9 Å². The van der Waals surface area contributed by atoms with Gasteiger partial charge in [-0.25, -0.2) is 4.79 Å². The number of esters is 1. The third kappa shape index (κ3) is 9.60. The minimum absolute atomic E-state index is 0.0446. The fraction of sp³-hybridized carbons (Fsp3) is 0.902.